The Balaban J connectivity index is -0.000000138. The smallest absolute Gasteiger partial charge is 0.319 e. The fourth-order valence-electron chi connectivity index (χ4n) is 0.217. The van der Waals surface area contributed by atoms with Crippen LogP contribution in [0.3, 0.4) is 0 Å². The van der Waals surface area contributed by atoms with Crippen molar-refractivity contribution in [1.29, 1.82) is 0 Å². The molecule has 0 bridgehead atoms. The minimum Gasteiger partial charge on any atom is -0.468 e. The second-order valence-corrected chi connectivity index (χ2v) is 1.11. The maximum Gasteiger partial charge on any atom is 0.319 e. The third-order valence-corrected chi connectivity index (χ3v) is 0.549. The van der Waals surface area contributed by atoms with E-state index in [1.807, 2.05) is 27.7 Å². The molecule has 0 heterocycles. The monoisotopic (exact) mass is 163 g/mol. The molecule has 0 radical (unpaired) electrons. The summed E-state index contributed by atoms with van der Waals surface area (Å²) in [7, 11) is 3.05. The van der Waals surface area contributed by atoms with Crippen molar-refractivity contribution in [3.63, 3.8) is 0 Å². The summed E-state index contributed by atoms with van der Waals surface area (Å²) in [4.78, 5) is 10.1. The number of hydrogen-bond donors (Lipinski definition) is 1. The Hall–Kier alpha value is -0.570. The summed E-state index contributed by atoms with van der Waals surface area (Å²) >= 11 is 0. The predicted octanol–water partition coefficient (Wildman–Crippen LogP) is 1.43. The molecule has 0 fully saturated rings. The molecular formula is C8H21NO2. The fraction of sp³-hybridized carbons (Fsp3) is 0.875. The van der Waals surface area contributed by atoms with Crippen LogP contribution in [0.1, 0.15) is 27.7 Å². The molecule has 0 aromatic rings. The van der Waals surface area contributed by atoms with Crippen LogP contribution in [-0.2, 0) is 9.53 Å². The summed E-state index contributed by atoms with van der Waals surface area (Å²) in [6, 6.07) is 0. The Kier molecular flexibility index (Phi) is 34.7. The molecular weight excluding hydrogens is 142 g/mol. The first-order chi connectivity index (χ1) is 5.31. The number of carbonyl (C=O) groups excluding carboxylic acids is 1. The van der Waals surface area contributed by atoms with Crippen molar-refractivity contribution in [2.45, 2.75) is 27.7 Å². The van der Waals surface area contributed by atoms with E-state index in [2.05, 4.69) is 10.1 Å². The molecule has 0 saturated heterocycles. The van der Waals surface area contributed by atoms with Crippen LogP contribution < -0.4 is 5.32 Å². The van der Waals surface area contributed by atoms with Crippen molar-refractivity contribution in [1.82, 2.24) is 5.32 Å². The van der Waals surface area contributed by atoms with E-state index in [0.717, 1.165) is 0 Å². The predicted molar refractivity (Wildman–Crippen MR) is 48.6 cm³/mol. The molecule has 11 heavy (non-hydrogen) atoms. The lowest BCUT2D eigenvalue weighted by Gasteiger charge is -1.93. The number of hydrogen-bond acceptors (Lipinski definition) is 3. The molecule has 0 saturated carbocycles. The molecule has 3 nitrogen and oxygen atoms in total. The second kappa shape index (κ2) is 22.7. The number of nitrogens with one attached hydrogen (secondary N) is 1. The zero-order chi connectivity index (χ0) is 9.70. The van der Waals surface area contributed by atoms with Crippen LogP contribution in [0.2, 0.25) is 0 Å². The summed E-state index contributed by atoms with van der Waals surface area (Å²) in [6.07, 6.45) is 0. The Morgan fingerprint density at radius 1 is 1.27 bits per heavy atom. The van der Waals surface area contributed by atoms with E-state index in [4.69, 9.17) is 0 Å². The number of methoxy groups -OCH3 is 1. The molecule has 0 unspecified atom stereocenters. The lowest BCUT2D eigenvalue weighted by Crippen LogP contribution is -2.19. The molecule has 0 aliphatic carbocycles. The van der Waals surface area contributed by atoms with Crippen LogP contribution in [-0.4, -0.2) is 26.7 Å². The SMILES string of the molecule is CC.CC.CNCC(=O)OC. The molecule has 0 aromatic heterocycles. The quantitative estimate of drug-likeness (QED) is 0.626. The summed E-state index contributed by atoms with van der Waals surface area (Å²) in [5.41, 5.74) is 0. The van der Waals surface area contributed by atoms with Crippen molar-refractivity contribution < 1.29 is 9.53 Å². The minimum absolute atomic E-state index is 0.234. The Morgan fingerprint density at radius 3 is 1.73 bits per heavy atom. The van der Waals surface area contributed by atoms with Crippen LogP contribution in [0.5, 0.6) is 0 Å². The van der Waals surface area contributed by atoms with Gasteiger partial charge in [-0.25, -0.2) is 0 Å². The van der Waals surface area contributed by atoms with E-state index < -0.39 is 0 Å². The molecule has 0 aliphatic rings. The van der Waals surface area contributed by atoms with Crippen molar-refractivity contribution in [3.05, 3.63) is 0 Å². The topological polar surface area (TPSA) is 38.3 Å². The van der Waals surface area contributed by atoms with Gasteiger partial charge in [0, 0.05) is 0 Å². The molecule has 1 N–H and O–H groups in total. The zero-order valence-corrected chi connectivity index (χ0v) is 8.52. The Labute approximate surface area is 70.1 Å². The van der Waals surface area contributed by atoms with Crippen LogP contribution in [0.4, 0.5) is 0 Å². The number of esters is 1. The number of rotatable bonds is 2. The van der Waals surface area contributed by atoms with E-state index >= 15 is 0 Å². The lowest BCUT2D eigenvalue weighted by atomic mass is 10.7. The minimum atomic E-state index is -0.234. The number of carbonyl (C=O) groups is 1. The maximum atomic E-state index is 10.1. The molecule has 0 aliphatic heterocycles. The van der Waals surface area contributed by atoms with Gasteiger partial charge in [-0.15, -0.1) is 0 Å². The second-order valence-electron chi connectivity index (χ2n) is 1.11. The molecule has 0 aromatic carbocycles. The first-order valence-corrected chi connectivity index (χ1v) is 4.02. The number of ether oxygens (including phenoxy) is 1. The molecule has 70 valence electrons. The Morgan fingerprint density at radius 2 is 1.64 bits per heavy atom. The largest absolute Gasteiger partial charge is 0.468 e. The van der Waals surface area contributed by atoms with Gasteiger partial charge in [-0.2, -0.15) is 0 Å². The van der Waals surface area contributed by atoms with Gasteiger partial charge in [0.05, 0.1) is 13.7 Å². The van der Waals surface area contributed by atoms with Crippen LogP contribution in [0, 0.1) is 0 Å². The highest BCUT2D eigenvalue weighted by Gasteiger charge is 1.91. The third-order valence-electron chi connectivity index (χ3n) is 0.549. The highest BCUT2D eigenvalue weighted by molar-refractivity contribution is 5.71. The zero-order valence-electron chi connectivity index (χ0n) is 8.52. The molecule has 0 amide bonds. The fourth-order valence-corrected chi connectivity index (χ4v) is 0.217. The highest BCUT2D eigenvalue weighted by Crippen LogP contribution is 1.64. The first kappa shape index (κ1) is 16.8. The van der Waals surface area contributed by atoms with Crippen molar-refractivity contribution in [2.24, 2.45) is 0 Å². The lowest BCUT2D eigenvalue weighted by molar-refractivity contribution is -0.139. The van der Waals surface area contributed by atoms with E-state index in [1.165, 1.54) is 7.11 Å². The van der Waals surface area contributed by atoms with Gasteiger partial charge in [-0.05, 0) is 7.05 Å². The average molecular weight is 163 g/mol. The average Bonchev–Trinajstić information content (AvgIpc) is 2.12. The number of likely N-dealkylation sites (N-methyl/N-ethyl adjacent to an activating group) is 1. The normalized spacial score (nSPS) is 6.36. The van der Waals surface area contributed by atoms with Crippen molar-refractivity contribution in [2.75, 3.05) is 20.7 Å². The molecule has 0 spiro atoms. The van der Waals surface area contributed by atoms with E-state index in [1.54, 1.807) is 7.05 Å². The Bertz CT molecular complexity index is 65.1. The summed E-state index contributed by atoms with van der Waals surface area (Å²) in [5, 5.41) is 2.64. The molecule has 0 rings (SSSR count). The first-order valence-electron chi connectivity index (χ1n) is 4.02. The van der Waals surface area contributed by atoms with Gasteiger partial charge in [-0.1, -0.05) is 27.7 Å². The van der Waals surface area contributed by atoms with Gasteiger partial charge >= 0.3 is 5.97 Å². The molecule has 3 heteroatoms. The van der Waals surface area contributed by atoms with Crippen LogP contribution in [0.25, 0.3) is 0 Å². The highest BCUT2D eigenvalue weighted by atomic mass is 16.5. The van der Waals surface area contributed by atoms with Gasteiger partial charge in [0.15, 0.2) is 0 Å². The van der Waals surface area contributed by atoms with E-state index in [0.29, 0.717) is 0 Å². The van der Waals surface area contributed by atoms with Crippen molar-refractivity contribution >= 4 is 5.97 Å². The van der Waals surface area contributed by atoms with Gasteiger partial charge in [0.1, 0.15) is 0 Å². The standard InChI is InChI=1S/C4H9NO2.2C2H6/c1-5-3-4(6)7-2;2*1-2/h5H,3H2,1-2H3;2*1-2H3. The van der Waals surface area contributed by atoms with E-state index in [9.17, 15) is 4.79 Å². The van der Waals surface area contributed by atoms with E-state index in [-0.39, 0.29) is 12.5 Å². The maximum absolute atomic E-state index is 10.1. The van der Waals surface area contributed by atoms with Gasteiger partial charge in [0.2, 0.25) is 0 Å². The van der Waals surface area contributed by atoms with Gasteiger partial charge in [0.25, 0.3) is 0 Å². The van der Waals surface area contributed by atoms with Crippen LogP contribution in [0.15, 0.2) is 0 Å². The van der Waals surface area contributed by atoms with Crippen molar-refractivity contribution in [3.8, 4) is 0 Å². The summed E-state index contributed by atoms with van der Waals surface area (Å²) < 4.78 is 4.29. The van der Waals surface area contributed by atoms with Crippen LogP contribution >= 0.6 is 0 Å². The van der Waals surface area contributed by atoms with Gasteiger partial charge in [-0.3, -0.25) is 4.79 Å². The molecule has 0 atom stereocenters. The summed E-state index contributed by atoms with van der Waals surface area (Å²) in [6.45, 7) is 8.29. The summed E-state index contributed by atoms with van der Waals surface area (Å²) in [5.74, 6) is -0.234. The van der Waals surface area contributed by atoms with Gasteiger partial charge < -0.3 is 10.1 Å². The third kappa shape index (κ3) is 26.5.